The summed E-state index contributed by atoms with van der Waals surface area (Å²) in [7, 11) is 0. The van der Waals surface area contributed by atoms with Gasteiger partial charge in [0.2, 0.25) is 0 Å². The molecule has 1 aromatic carbocycles. The maximum Gasteiger partial charge on any atom is 0.111 e. The second-order valence-electron chi connectivity index (χ2n) is 5.17. The van der Waals surface area contributed by atoms with Crippen molar-refractivity contribution in [3.8, 4) is 0 Å². The summed E-state index contributed by atoms with van der Waals surface area (Å²) < 4.78 is 2.06. The first-order chi connectivity index (χ1) is 9.11. The minimum atomic E-state index is -0.492. The van der Waals surface area contributed by atoms with Gasteiger partial charge in [0.25, 0.3) is 0 Å². The van der Waals surface area contributed by atoms with Gasteiger partial charge in [-0.2, -0.15) is 0 Å². The van der Waals surface area contributed by atoms with Crippen LogP contribution >= 0.6 is 0 Å². The Bertz CT molecular complexity index is 514. The molecule has 2 rings (SSSR count). The monoisotopic (exact) mass is 258 g/mol. The van der Waals surface area contributed by atoms with E-state index in [1.54, 1.807) is 6.20 Å². The van der Waals surface area contributed by atoms with Crippen LogP contribution in [0.1, 0.15) is 49.7 Å². The van der Waals surface area contributed by atoms with Crippen molar-refractivity contribution in [2.75, 3.05) is 0 Å². The van der Waals surface area contributed by atoms with E-state index >= 15 is 0 Å². The maximum atomic E-state index is 10.3. The number of benzene rings is 1. The molecule has 1 aromatic heterocycles. The summed E-state index contributed by atoms with van der Waals surface area (Å²) in [6.07, 6.45) is 3.80. The molecule has 3 nitrogen and oxygen atoms in total. The highest BCUT2D eigenvalue weighted by Gasteiger charge is 2.12. The van der Waals surface area contributed by atoms with Gasteiger partial charge in [-0.1, -0.05) is 38.1 Å². The van der Waals surface area contributed by atoms with Crippen molar-refractivity contribution in [2.45, 2.75) is 45.8 Å². The molecule has 0 bridgehead atoms. The molecule has 1 N–H and O–H groups in total. The van der Waals surface area contributed by atoms with Crippen molar-refractivity contribution < 1.29 is 5.11 Å². The topological polar surface area (TPSA) is 38.0 Å². The molecule has 0 fully saturated rings. The zero-order valence-corrected chi connectivity index (χ0v) is 11.9. The first-order valence-corrected chi connectivity index (χ1v) is 6.89. The Morgan fingerprint density at radius 3 is 2.37 bits per heavy atom. The van der Waals surface area contributed by atoms with Crippen molar-refractivity contribution in [3.05, 3.63) is 53.6 Å². The smallest absolute Gasteiger partial charge is 0.111 e. The highest BCUT2D eigenvalue weighted by Crippen LogP contribution is 2.21. The quantitative estimate of drug-likeness (QED) is 0.893. The molecule has 0 amide bonds. The molecule has 102 valence electrons. The molecule has 0 aliphatic heterocycles. The number of rotatable bonds is 5. The predicted molar refractivity (Wildman–Crippen MR) is 77.1 cm³/mol. The van der Waals surface area contributed by atoms with Gasteiger partial charge in [-0.15, -0.1) is 0 Å². The minimum absolute atomic E-state index is 0.492. The van der Waals surface area contributed by atoms with Gasteiger partial charge in [0.05, 0.1) is 6.10 Å². The van der Waals surface area contributed by atoms with E-state index in [-0.39, 0.29) is 0 Å². The third-order valence-corrected chi connectivity index (χ3v) is 3.51. The number of aliphatic hydroxyl groups excluding tert-OH is 1. The molecular weight excluding hydrogens is 236 g/mol. The first-order valence-electron chi connectivity index (χ1n) is 6.89. The van der Waals surface area contributed by atoms with Crippen LogP contribution in [-0.4, -0.2) is 14.7 Å². The number of aromatic nitrogens is 2. The van der Waals surface area contributed by atoms with Crippen LogP contribution in [0.15, 0.2) is 36.7 Å². The summed E-state index contributed by atoms with van der Waals surface area (Å²) in [5.41, 5.74) is 2.25. The second-order valence-corrected chi connectivity index (χ2v) is 5.17. The SMILES string of the molecule is CCn1ccnc1CC(O)c1ccc(C(C)C)cc1. The highest BCUT2D eigenvalue weighted by molar-refractivity contribution is 5.26. The zero-order valence-electron chi connectivity index (χ0n) is 11.9. The van der Waals surface area contributed by atoms with Crippen LogP contribution in [-0.2, 0) is 13.0 Å². The van der Waals surface area contributed by atoms with E-state index in [9.17, 15) is 5.11 Å². The number of imidazole rings is 1. The molecule has 1 unspecified atom stereocenters. The lowest BCUT2D eigenvalue weighted by Crippen LogP contribution is -2.08. The van der Waals surface area contributed by atoms with E-state index in [4.69, 9.17) is 0 Å². The Balaban J connectivity index is 2.09. The molecule has 0 saturated heterocycles. The number of hydrogen-bond donors (Lipinski definition) is 1. The Kier molecular flexibility index (Phi) is 4.38. The van der Waals surface area contributed by atoms with Gasteiger partial charge in [-0.05, 0) is 24.0 Å². The molecule has 0 radical (unpaired) electrons. The van der Waals surface area contributed by atoms with Crippen LogP contribution < -0.4 is 0 Å². The molecule has 1 atom stereocenters. The first kappa shape index (κ1) is 13.8. The van der Waals surface area contributed by atoms with Gasteiger partial charge < -0.3 is 9.67 Å². The highest BCUT2D eigenvalue weighted by atomic mass is 16.3. The van der Waals surface area contributed by atoms with Crippen LogP contribution in [0.3, 0.4) is 0 Å². The van der Waals surface area contributed by atoms with Gasteiger partial charge in [0.1, 0.15) is 5.82 Å². The Morgan fingerprint density at radius 2 is 1.79 bits per heavy atom. The van der Waals surface area contributed by atoms with Crippen molar-refractivity contribution in [3.63, 3.8) is 0 Å². The fraction of sp³-hybridized carbons (Fsp3) is 0.438. The largest absolute Gasteiger partial charge is 0.388 e. The lowest BCUT2D eigenvalue weighted by Gasteiger charge is -2.13. The second kappa shape index (κ2) is 6.02. The summed E-state index contributed by atoms with van der Waals surface area (Å²) in [6.45, 7) is 7.30. The van der Waals surface area contributed by atoms with E-state index in [2.05, 4.69) is 42.5 Å². The van der Waals surface area contributed by atoms with Gasteiger partial charge in [0, 0.05) is 25.4 Å². The van der Waals surface area contributed by atoms with Crippen molar-refractivity contribution >= 4 is 0 Å². The Hall–Kier alpha value is -1.61. The molecule has 0 aliphatic carbocycles. The van der Waals surface area contributed by atoms with E-state index in [1.807, 2.05) is 18.3 Å². The van der Waals surface area contributed by atoms with E-state index in [0.717, 1.165) is 17.9 Å². The molecule has 0 saturated carbocycles. The van der Waals surface area contributed by atoms with Crippen LogP contribution in [0, 0.1) is 0 Å². The van der Waals surface area contributed by atoms with Crippen LogP contribution in [0.2, 0.25) is 0 Å². The van der Waals surface area contributed by atoms with Gasteiger partial charge in [0.15, 0.2) is 0 Å². The average molecular weight is 258 g/mol. The van der Waals surface area contributed by atoms with E-state index in [1.165, 1.54) is 5.56 Å². The Morgan fingerprint density at radius 1 is 1.16 bits per heavy atom. The lowest BCUT2D eigenvalue weighted by atomic mass is 9.99. The van der Waals surface area contributed by atoms with Crippen molar-refractivity contribution in [1.29, 1.82) is 0 Å². The number of nitrogens with zero attached hydrogens (tertiary/aromatic N) is 2. The number of hydrogen-bond acceptors (Lipinski definition) is 2. The third-order valence-electron chi connectivity index (χ3n) is 3.51. The van der Waals surface area contributed by atoms with Gasteiger partial charge >= 0.3 is 0 Å². The number of aliphatic hydroxyl groups is 1. The standard InChI is InChI=1S/C16H22N2O/c1-4-18-10-9-17-16(18)11-15(19)14-7-5-13(6-8-14)12(2)3/h5-10,12,15,19H,4,11H2,1-3H3. The van der Waals surface area contributed by atoms with Crippen LogP contribution in [0.25, 0.3) is 0 Å². The molecule has 19 heavy (non-hydrogen) atoms. The summed E-state index contributed by atoms with van der Waals surface area (Å²) in [6, 6.07) is 8.21. The molecule has 0 aliphatic rings. The molecular formula is C16H22N2O. The van der Waals surface area contributed by atoms with Gasteiger partial charge in [-0.3, -0.25) is 0 Å². The number of aryl methyl sites for hydroxylation is 1. The van der Waals surface area contributed by atoms with Crippen molar-refractivity contribution in [1.82, 2.24) is 9.55 Å². The predicted octanol–water partition coefficient (Wildman–Crippen LogP) is 3.30. The minimum Gasteiger partial charge on any atom is -0.388 e. The fourth-order valence-corrected chi connectivity index (χ4v) is 2.21. The summed E-state index contributed by atoms with van der Waals surface area (Å²) in [4.78, 5) is 4.30. The zero-order chi connectivity index (χ0) is 13.8. The van der Waals surface area contributed by atoms with Crippen LogP contribution in [0.4, 0.5) is 0 Å². The van der Waals surface area contributed by atoms with Crippen molar-refractivity contribution in [2.24, 2.45) is 0 Å². The van der Waals surface area contributed by atoms with E-state index < -0.39 is 6.10 Å². The third kappa shape index (κ3) is 3.24. The summed E-state index contributed by atoms with van der Waals surface area (Å²) in [5.74, 6) is 1.45. The molecule has 1 heterocycles. The van der Waals surface area contributed by atoms with Gasteiger partial charge in [-0.25, -0.2) is 4.98 Å². The summed E-state index contributed by atoms with van der Waals surface area (Å²) >= 11 is 0. The normalized spacial score (nSPS) is 12.9. The molecule has 0 spiro atoms. The Labute approximate surface area is 114 Å². The molecule has 3 heteroatoms. The lowest BCUT2D eigenvalue weighted by molar-refractivity contribution is 0.174. The summed E-state index contributed by atoms with van der Waals surface area (Å²) in [5, 5.41) is 10.3. The average Bonchev–Trinajstić information content (AvgIpc) is 2.86. The fourth-order valence-electron chi connectivity index (χ4n) is 2.21. The molecule has 2 aromatic rings. The van der Waals surface area contributed by atoms with Crippen LogP contribution in [0.5, 0.6) is 0 Å². The maximum absolute atomic E-state index is 10.3. The van der Waals surface area contributed by atoms with E-state index in [0.29, 0.717) is 12.3 Å².